The molecule has 21 heavy (non-hydrogen) atoms. The maximum atomic E-state index is 14.0. The highest BCUT2D eigenvalue weighted by Gasteiger charge is 2.60. The molecular formula is C16H21BF2O2. The van der Waals surface area contributed by atoms with Gasteiger partial charge in [0.25, 0.3) is 0 Å². The second-order valence-electron chi connectivity index (χ2n) is 7.25. The number of hydrogen-bond acceptors (Lipinski definition) is 2. The van der Waals surface area contributed by atoms with Crippen molar-refractivity contribution in [2.24, 2.45) is 0 Å². The number of rotatable bonds is 2. The third-order valence-electron chi connectivity index (χ3n) is 5.14. The van der Waals surface area contributed by atoms with Gasteiger partial charge in [-0.25, -0.2) is 8.78 Å². The molecule has 2 atom stereocenters. The lowest BCUT2D eigenvalue weighted by atomic mass is 9.79. The van der Waals surface area contributed by atoms with Crippen molar-refractivity contribution in [1.29, 1.82) is 0 Å². The van der Waals surface area contributed by atoms with E-state index in [0.29, 0.717) is 11.1 Å². The summed E-state index contributed by atoms with van der Waals surface area (Å²) < 4.78 is 39.7. The van der Waals surface area contributed by atoms with Gasteiger partial charge < -0.3 is 9.31 Å². The molecule has 0 unspecified atom stereocenters. The molecule has 1 saturated heterocycles. The van der Waals surface area contributed by atoms with Crippen molar-refractivity contribution >= 4 is 7.12 Å². The van der Waals surface area contributed by atoms with Crippen LogP contribution < -0.4 is 0 Å². The molecule has 114 valence electrons. The predicted molar refractivity (Wildman–Crippen MR) is 78.3 cm³/mol. The van der Waals surface area contributed by atoms with Crippen LogP contribution in [0.5, 0.6) is 0 Å². The van der Waals surface area contributed by atoms with Crippen LogP contribution in [0, 0.1) is 18.6 Å². The van der Waals surface area contributed by atoms with Gasteiger partial charge >= 0.3 is 7.12 Å². The second kappa shape index (κ2) is 4.53. The molecule has 1 aliphatic carbocycles. The van der Waals surface area contributed by atoms with Crippen molar-refractivity contribution < 1.29 is 18.1 Å². The lowest BCUT2D eigenvalue weighted by molar-refractivity contribution is 0.00578. The first kappa shape index (κ1) is 15.0. The van der Waals surface area contributed by atoms with Crippen molar-refractivity contribution in [3.05, 3.63) is 34.9 Å². The quantitative estimate of drug-likeness (QED) is 0.760. The monoisotopic (exact) mass is 294 g/mol. The van der Waals surface area contributed by atoms with Crippen molar-refractivity contribution in [3.8, 4) is 0 Å². The van der Waals surface area contributed by atoms with E-state index in [-0.39, 0.29) is 41.7 Å². The number of aryl methyl sites for hydroxylation is 1. The van der Waals surface area contributed by atoms with Crippen LogP contribution in [-0.2, 0) is 9.31 Å². The highest BCUT2D eigenvalue weighted by Crippen LogP contribution is 2.58. The summed E-state index contributed by atoms with van der Waals surface area (Å²) in [5, 5.41) is 0. The first-order valence-electron chi connectivity index (χ1n) is 7.43. The minimum absolute atomic E-state index is 0.0187. The summed E-state index contributed by atoms with van der Waals surface area (Å²) in [5.41, 5.74) is 0.00548. The Morgan fingerprint density at radius 1 is 1.05 bits per heavy atom. The van der Waals surface area contributed by atoms with Crippen LogP contribution in [0.4, 0.5) is 8.78 Å². The van der Waals surface area contributed by atoms with Crippen LogP contribution in [0.1, 0.15) is 51.2 Å². The smallest absolute Gasteiger partial charge is 0.403 e. The van der Waals surface area contributed by atoms with Crippen LogP contribution in [-0.4, -0.2) is 18.3 Å². The van der Waals surface area contributed by atoms with Crippen molar-refractivity contribution in [3.63, 3.8) is 0 Å². The van der Waals surface area contributed by atoms with Crippen molar-refractivity contribution in [2.75, 3.05) is 0 Å². The molecule has 2 aliphatic rings. The van der Waals surface area contributed by atoms with E-state index in [0.717, 1.165) is 6.42 Å². The Bertz CT molecular complexity index is 570. The van der Waals surface area contributed by atoms with E-state index in [4.69, 9.17) is 9.31 Å². The van der Waals surface area contributed by atoms with E-state index < -0.39 is 0 Å². The normalized spacial score (nSPS) is 29.8. The summed E-state index contributed by atoms with van der Waals surface area (Å²) in [6.07, 6.45) is 0.774. The maximum absolute atomic E-state index is 14.0. The molecule has 0 N–H and O–H groups in total. The SMILES string of the molecule is Cc1cc(F)c([C@@H]2C[C@H]2B2OC(C)(C)C(C)(C)O2)cc1F. The van der Waals surface area contributed by atoms with Crippen LogP contribution in [0.3, 0.4) is 0 Å². The zero-order valence-electron chi connectivity index (χ0n) is 13.2. The van der Waals surface area contributed by atoms with Crippen LogP contribution >= 0.6 is 0 Å². The fourth-order valence-electron chi connectivity index (χ4n) is 2.88. The summed E-state index contributed by atoms with van der Waals surface area (Å²) in [4.78, 5) is 0. The first-order valence-corrected chi connectivity index (χ1v) is 7.43. The molecule has 3 rings (SSSR count). The molecule has 2 nitrogen and oxygen atoms in total. The Labute approximate surface area is 125 Å². The molecule has 1 aromatic rings. The van der Waals surface area contributed by atoms with E-state index >= 15 is 0 Å². The lowest BCUT2D eigenvalue weighted by Crippen LogP contribution is -2.41. The molecule has 1 aliphatic heterocycles. The average molecular weight is 294 g/mol. The first-order chi connectivity index (χ1) is 9.62. The van der Waals surface area contributed by atoms with Crippen LogP contribution in [0.25, 0.3) is 0 Å². The fraction of sp³-hybridized carbons (Fsp3) is 0.625. The van der Waals surface area contributed by atoms with Gasteiger partial charge in [0, 0.05) is 5.82 Å². The number of halogens is 2. The largest absolute Gasteiger partial charge is 0.461 e. The van der Waals surface area contributed by atoms with Crippen LogP contribution in [0.2, 0.25) is 5.82 Å². The Balaban J connectivity index is 1.78. The van der Waals surface area contributed by atoms with Gasteiger partial charge in [-0.15, -0.1) is 0 Å². The number of benzene rings is 1. The highest BCUT2D eigenvalue weighted by atomic mass is 19.1. The summed E-state index contributed by atoms with van der Waals surface area (Å²) in [6, 6.07) is 2.59. The summed E-state index contributed by atoms with van der Waals surface area (Å²) in [5.74, 6) is -0.610. The molecular weight excluding hydrogens is 273 g/mol. The summed E-state index contributed by atoms with van der Waals surface area (Å²) >= 11 is 0. The number of hydrogen-bond donors (Lipinski definition) is 0. The van der Waals surface area contributed by atoms with Gasteiger partial charge in [-0.1, -0.05) is 0 Å². The van der Waals surface area contributed by atoms with E-state index in [1.165, 1.54) is 12.1 Å². The molecule has 0 aromatic heterocycles. The molecule has 5 heteroatoms. The summed E-state index contributed by atoms with van der Waals surface area (Å²) in [7, 11) is -0.344. The minimum atomic E-state index is -0.387. The third-order valence-corrected chi connectivity index (χ3v) is 5.14. The Morgan fingerprint density at radius 2 is 1.62 bits per heavy atom. The molecule has 1 saturated carbocycles. The van der Waals surface area contributed by atoms with E-state index in [2.05, 4.69) is 0 Å². The maximum Gasteiger partial charge on any atom is 0.461 e. The third kappa shape index (κ3) is 2.40. The Morgan fingerprint density at radius 3 is 2.19 bits per heavy atom. The second-order valence-corrected chi connectivity index (χ2v) is 7.25. The molecule has 0 amide bonds. The molecule has 0 spiro atoms. The zero-order valence-corrected chi connectivity index (χ0v) is 13.2. The fourth-order valence-corrected chi connectivity index (χ4v) is 2.88. The molecule has 1 aromatic carbocycles. The Hall–Kier alpha value is -0.935. The minimum Gasteiger partial charge on any atom is -0.403 e. The highest BCUT2D eigenvalue weighted by molar-refractivity contribution is 6.49. The average Bonchev–Trinajstić information content (AvgIpc) is 3.08. The van der Waals surface area contributed by atoms with Gasteiger partial charge in [-0.3, -0.25) is 0 Å². The Kier molecular flexibility index (Phi) is 3.23. The van der Waals surface area contributed by atoms with Gasteiger partial charge in [0.2, 0.25) is 0 Å². The molecule has 0 radical (unpaired) electrons. The summed E-state index contributed by atoms with van der Waals surface area (Å²) in [6.45, 7) is 9.56. The predicted octanol–water partition coefficient (Wildman–Crippen LogP) is 4.22. The van der Waals surface area contributed by atoms with E-state index in [1.54, 1.807) is 6.92 Å². The van der Waals surface area contributed by atoms with Crippen molar-refractivity contribution in [2.45, 2.75) is 64.0 Å². The molecule has 1 heterocycles. The molecule has 0 bridgehead atoms. The van der Waals surface area contributed by atoms with E-state index in [9.17, 15) is 8.78 Å². The zero-order chi connectivity index (χ0) is 15.6. The lowest BCUT2D eigenvalue weighted by Gasteiger charge is -2.32. The standard InChI is InChI=1S/C16H21BF2O2/c1-9-6-14(19)11(8-13(9)18)10-7-12(10)17-20-15(2,3)16(4,5)21-17/h6,8,10,12H,7H2,1-5H3/t10-,12+/m0/s1. The van der Waals surface area contributed by atoms with Gasteiger partial charge in [0.15, 0.2) is 0 Å². The van der Waals surface area contributed by atoms with E-state index in [1.807, 2.05) is 27.7 Å². The van der Waals surface area contributed by atoms with Gasteiger partial charge in [-0.2, -0.15) is 0 Å². The molecule has 2 fully saturated rings. The van der Waals surface area contributed by atoms with Gasteiger partial charge in [-0.05, 0) is 70.2 Å². The van der Waals surface area contributed by atoms with Gasteiger partial charge in [0.1, 0.15) is 11.6 Å². The van der Waals surface area contributed by atoms with Gasteiger partial charge in [0.05, 0.1) is 11.2 Å². The van der Waals surface area contributed by atoms with Crippen LogP contribution in [0.15, 0.2) is 12.1 Å². The topological polar surface area (TPSA) is 18.5 Å². The van der Waals surface area contributed by atoms with Crippen molar-refractivity contribution in [1.82, 2.24) is 0 Å².